The number of carbonyl (C=O) groups excluding carboxylic acids is 1. The van der Waals surface area contributed by atoms with Crippen molar-refractivity contribution in [1.29, 1.82) is 5.26 Å². The predicted octanol–water partition coefficient (Wildman–Crippen LogP) is 3.21. The molecule has 0 aromatic heterocycles. The van der Waals surface area contributed by atoms with Gasteiger partial charge in [-0.15, -0.1) is 0 Å². The van der Waals surface area contributed by atoms with Crippen molar-refractivity contribution in [2.75, 3.05) is 50.1 Å². The molecule has 0 radical (unpaired) electrons. The summed E-state index contributed by atoms with van der Waals surface area (Å²) < 4.78 is 74.7. The molecule has 1 saturated heterocycles. The van der Waals surface area contributed by atoms with E-state index in [0.717, 1.165) is 6.07 Å². The minimum Gasteiger partial charge on any atom is -0.491 e. The number of nitriles is 1. The maximum atomic E-state index is 13.3. The van der Waals surface area contributed by atoms with Gasteiger partial charge in [0, 0.05) is 31.0 Å². The van der Waals surface area contributed by atoms with Gasteiger partial charge in [-0.05, 0) is 42.5 Å². The molecule has 0 spiro atoms. The monoisotopic (exact) mass is 498 g/mol. The molecule has 2 N–H and O–H groups in total. The van der Waals surface area contributed by atoms with Crippen LogP contribution in [0.2, 0.25) is 0 Å². The number of hydrogen-bond donors (Lipinski definition) is 2. The number of morpholine rings is 1. The number of nitrogens with zero attached hydrogens (tertiary/aromatic N) is 2. The van der Waals surface area contributed by atoms with Crippen molar-refractivity contribution in [3.8, 4) is 11.8 Å². The number of carbonyl (C=O) groups is 1. The summed E-state index contributed by atoms with van der Waals surface area (Å²) in [6.07, 6.45) is 0. The second-order valence-electron chi connectivity index (χ2n) is 7.18. The number of benzene rings is 2. The van der Waals surface area contributed by atoms with E-state index < -0.39 is 32.0 Å². The van der Waals surface area contributed by atoms with Crippen LogP contribution in [0.15, 0.2) is 47.4 Å². The number of anilines is 2. The van der Waals surface area contributed by atoms with Crippen molar-refractivity contribution in [2.24, 2.45) is 0 Å². The molecule has 3 rings (SSSR count). The van der Waals surface area contributed by atoms with Crippen molar-refractivity contribution in [3.63, 3.8) is 0 Å². The van der Waals surface area contributed by atoms with Crippen LogP contribution in [0.4, 0.5) is 29.3 Å². The summed E-state index contributed by atoms with van der Waals surface area (Å²) in [7, 11) is -5.75. The number of hydrogen-bond acceptors (Lipinski definition) is 7. The first-order valence-electron chi connectivity index (χ1n) is 10.1. The second-order valence-corrected chi connectivity index (χ2v) is 9.09. The molecule has 9 nitrogen and oxygen atoms in total. The van der Waals surface area contributed by atoms with Gasteiger partial charge in [-0.25, -0.2) is 13.2 Å². The third-order valence-electron chi connectivity index (χ3n) is 4.84. The molecule has 0 saturated carbocycles. The Labute approximate surface area is 194 Å². The van der Waals surface area contributed by atoms with E-state index in [-0.39, 0.29) is 12.3 Å². The zero-order valence-electron chi connectivity index (χ0n) is 17.8. The van der Waals surface area contributed by atoms with Crippen LogP contribution >= 0.6 is 0 Å². The second kappa shape index (κ2) is 10.7. The van der Waals surface area contributed by atoms with Gasteiger partial charge in [-0.1, -0.05) is 0 Å². The lowest BCUT2D eigenvalue weighted by molar-refractivity contribution is -0.0437. The quantitative estimate of drug-likeness (QED) is 0.601. The van der Waals surface area contributed by atoms with Crippen LogP contribution in [-0.2, 0) is 14.6 Å². The molecular weight excluding hydrogens is 477 g/mol. The lowest BCUT2D eigenvalue weighted by Gasteiger charge is -2.26. The fraction of sp³-hybridized carbons (Fsp3) is 0.333. The first kappa shape index (κ1) is 25.3. The van der Waals surface area contributed by atoms with Gasteiger partial charge in [-0.3, -0.25) is 4.90 Å². The summed E-state index contributed by atoms with van der Waals surface area (Å²) in [4.78, 5) is 13.1. The van der Waals surface area contributed by atoms with Gasteiger partial charge in [-0.2, -0.15) is 18.4 Å². The van der Waals surface area contributed by atoms with Gasteiger partial charge in [0.25, 0.3) is 9.84 Å². The summed E-state index contributed by atoms with van der Waals surface area (Å²) in [5.74, 6) is -0.469. The highest BCUT2D eigenvalue weighted by Gasteiger charge is 2.48. The molecule has 0 atom stereocenters. The molecule has 13 heteroatoms. The first-order valence-corrected chi connectivity index (χ1v) is 11.5. The van der Waals surface area contributed by atoms with Crippen molar-refractivity contribution in [2.45, 2.75) is 10.4 Å². The molecule has 1 aliphatic heterocycles. The molecule has 1 fully saturated rings. The fourth-order valence-electron chi connectivity index (χ4n) is 3.07. The van der Waals surface area contributed by atoms with Crippen LogP contribution in [-0.4, -0.2) is 64.3 Å². The van der Waals surface area contributed by atoms with Crippen molar-refractivity contribution < 1.29 is 35.9 Å². The highest BCUT2D eigenvalue weighted by molar-refractivity contribution is 7.92. The number of amides is 2. The summed E-state index contributed by atoms with van der Waals surface area (Å²) in [5.41, 5.74) is -5.05. The van der Waals surface area contributed by atoms with E-state index in [2.05, 4.69) is 10.6 Å². The van der Waals surface area contributed by atoms with Crippen LogP contribution in [0, 0.1) is 11.3 Å². The Morgan fingerprint density at radius 3 is 2.32 bits per heavy atom. The fourth-order valence-corrected chi connectivity index (χ4v) is 3.99. The number of nitrogens with one attached hydrogen (secondary N) is 2. The van der Waals surface area contributed by atoms with E-state index in [4.69, 9.17) is 14.7 Å². The van der Waals surface area contributed by atoms with Crippen LogP contribution in [0.25, 0.3) is 0 Å². The Morgan fingerprint density at radius 2 is 1.71 bits per heavy atom. The molecule has 1 heterocycles. The van der Waals surface area contributed by atoms with Gasteiger partial charge in [0.1, 0.15) is 17.3 Å². The maximum absolute atomic E-state index is 13.3. The van der Waals surface area contributed by atoms with Crippen molar-refractivity contribution in [3.05, 3.63) is 48.0 Å². The Bertz CT molecular complexity index is 1160. The van der Waals surface area contributed by atoms with Crippen LogP contribution in [0.1, 0.15) is 5.56 Å². The number of ether oxygens (including phenoxy) is 2. The van der Waals surface area contributed by atoms with E-state index >= 15 is 0 Å². The lowest BCUT2D eigenvalue weighted by Crippen LogP contribution is -2.38. The average molecular weight is 498 g/mol. The van der Waals surface area contributed by atoms with Gasteiger partial charge in [0.05, 0.1) is 24.8 Å². The summed E-state index contributed by atoms with van der Waals surface area (Å²) in [6, 6.07) is 9.95. The predicted molar refractivity (Wildman–Crippen MR) is 116 cm³/mol. The number of halogens is 3. The van der Waals surface area contributed by atoms with Crippen LogP contribution < -0.4 is 15.4 Å². The van der Waals surface area contributed by atoms with Gasteiger partial charge >= 0.3 is 11.5 Å². The minimum atomic E-state index is -5.75. The Balaban J connectivity index is 1.75. The average Bonchev–Trinajstić information content (AvgIpc) is 2.80. The Kier molecular flexibility index (Phi) is 7.98. The summed E-state index contributed by atoms with van der Waals surface area (Å²) in [6.45, 7) is 2.66. The highest BCUT2D eigenvalue weighted by Crippen LogP contribution is 2.37. The zero-order chi connectivity index (χ0) is 24.8. The van der Waals surface area contributed by atoms with Crippen LogP contribution in [0.3, 0.4) is 0 Å². The maximum Gasteiger partial charge on any atom is 0.502 e. The smallest absolute Gasteiger partial charge is 0.491 e. The van der Waals surface area contributed by atoms with Crippen molar-refractivity contribution in [1.82, 2.24) is 4.90 Å². The zero-order valence-corrected chi connectivity index (χ0v) is 18.6. The molecule has 182 valence electrons. The molecule has 2 amide bonds. The molecule has 2 aromatic carbocycles. The van der Waals surface area contributed by atoms with E-state index in [1.807, 2.05) is 11.0 Å². The van der Waals surface area contributed by atoms with Gasteiger partial charge in [0.15, 0.2) is 0 Å². The lowest BCUT2D eigenvalue weighted by atomic mass is 10.2. The molecule has 0 unspecified atom stereocenters. The summed E-state index contributed by atoms with van der Waals surface area (Å²) in [5, 5.41) is 13.5. The SMILES string of the molecule is N#Cc1ccc(NC(=O)Nc2ccc(OCCN3CCOCC3)c(S(=O)(=O)C(F)(F)F)c2)cc1. The Morgan fingerprint density at radius 1 is 1.09 bits per heavy atom. The molecule has 1 aliphatic rings. The van der Waals surface area contributed by atoms with E-state index in [9.17, 15) is 26.4 Å². The van der Waals surface area contributed by atoms with Gasteiger partial charge < -0.3 is 20.1 Å². The number of rotatable bonds is 7. The van der Waals surface area contributed by atoms with E-state index in [1.54, 1.807) is 0 Å². The number of alkyl halides is 3. The molecule has 34 heavy (non-hydrogen) atoms. The molecule has 0 aliphatic carbocycles. The number of sulfone groups is 1. The third kappa shape index (κ3) is 6.37. The van der Waals surface area contributed by atoms with Crippen molar-refractivity contribution >= 4 is 27.2 Å². The standard InChI is InChI=1S/C21H21F3N4O5S/c22-21(23,24)34(30,31)19-13-17(27-20(29)26-16-3-1-15(14-25)2-4-16)5-6-18(19)33-12-9-28-7-10-32-11-8-28/h1-6,13H,7-12H2,(H2,26,27,29). The molecule has 2 aromatic rings. The van der Waals surface area contributed by atoms with E-state index in [1.165, 1.54) is 30.3 Å². The number of urea groups is 1. The normalized spacial score (nSPS) is 14.8. The topological polar surface area (TPSA) is 121 Å². The largest absolute Gasteiger partial charge is 0.502 e. The van der Waals surface area contributed by atoms with E-state index in [0.29, 0.717) is 50.2 Å². The summed E-state index contributed by atoms with van der Waals surface area (Å²) >= 11 is 0. The van der Waals surface area contributed by atoms with Gasteiger partial charge in [0.2, 0.25) is 0 Å². The van der Waals surface area contributed by atoms with Crippen LogP contribution in [0.5, 0.6) is 5.75 Å². The highest BCUT2D eigenvalue weighted by atomic mass is 32.2. The first-order chi connectivity index (χ1) is 16.1. The Hall–Kier alpha value is -3.34. The minimum absolute atomic E-state index is 0.0354. The molecular formula is C21H21F3N4O5S. The molecule has 0 bridgehead atoms. The third-order valence-corrected chi connectivity index (χ3v) is 6.34.